The van der Waals surface area contributed by atoms with Crippen molar-refractivity contribution >= 4 is 11.7 Å². The van der Waals surface area contributed by atoms with Gasteiger partial charge in [0.1, 0.15) is 17.9 Å². The number of nitriles is 1. The molecule has 0 radical (unpaired) electrons. The lowest BCUT2D eigenvalue weighted by Crippen LogP contribution is -2.33. The minimum Gasteiger partial charge on any atom is -0.357 e. The van der Waals surface area contributed by atoms with Crippen molar-refractivity contribution in [1.29, 1.82) is 5.26 Å². The van der Waals surface area contributed by atoms with Crippen LogP contribution in [0.1, 0.15) is 23.1 Å². The highest BCUT2D eigenvalue weighted by molar-refractivity contribution is 5.86. The van der Waals surface area contributed by atoms with Gasteiger partial charge in [0.2, 0.25) is 5.91 Å². The molecule has 5 nitrogen and oxygen atoms in total. The van der Waals surface area contributed by atoms with Crippen molar-refractivity contribution in [3.63, 3.8) is 0 Å². The molecule has 1 fully saturated rings. The number of aryl methyl sites for hydroxylation is 1. The van der Waals surface area contributed by atoms with Crippen LogP contribution in [0.2, 0.25) is 0 Å². The molecular weight excluding hydrogens is 288 g/mol. The first kappa shape index (κ1) is 15.0. The third-order valence-corrected chi connectivity index (χ3v) is 4.03. The number of pyridine rings is 1. The molecular formula is C18H18N4O. The Balaban J connectivity index is 1.67. The molecule has 1 saturated heterocycles. The zero-order valence-electron chi connectivity index (χ0n) is 13.0. The lowest BCUT2D eigenvalue weighted by Gasteiger charge is -2.18. The van der Waals surface area contributed by atoms with Crippen molar-refractivity contribution in [2.45, 2.75) is 25.9 Å². The van der Waals surface area contributed by atoms with E-state index in [0.717, 1.165) is 5.56 Å². The number of hydrogen-bond acceptors (Lipinski definition) is 4. The number of likely N-dealkylation sites (tertiary alicyclic amines) is 1. The van der Waals surface area contributed by atoms with E-state index < -0.39 is 0 Å². The highest BCUT2D eigenvalue weighted by Gasteiger charge is 2.32. The van der Waals surface area contributed by atoms with Gasteiger partial charge in [0.25, 0.3) is 0 Å². The maximum Gasteiger partial charge on any atom is 0.245 e. The second kappa shape index (κ2) is 6.49. The van der Waals surface area contributed by atoms with Gasteiger partial charge in [-0.1, -0.05) is 29.8 Å². The van der Waals surface area contributed by atoms with E-state index >= 15 is 0 Å². The number of aromatic nitrogens is 1. The molecule has 1 aliphatic rings. The quantitative estimate of drug-likeness (QED) is 0.942. The van der Waals surface area contributed by atoms with E-state index in [1.54, 1.807) is 18.3 Å². The molecule has 5 heteroatoms. The SMILES string of the molecule is Cc1ccc(CN2CCC(Nc3ncccc3C#N)C2=O)cc1. The van der Waals surface area contributed by atoms with E-state index in [0.29, 0.717) is 30.9 Å². The van der Waals surface area contributed by atoms with Crippen LogP contribution in [0.15, 0.2) is 42.6 Å². The van der Waals surface area contributed by atoms with Gasteiger partial charge in [-0.25, -0.2) is 4.98 Å². The van der Waals surface area contributed by atoms with Crippen LogP contribution in [0, 0.1) is 18.3 Å². The fourth-order valence-electron chi connectivity index (χ4n) is 2.72. The Morgan fingerprint density at radius 1 is 1.35 bits per heavy atom. The van der Waals surface area contributed by atoms with Crippen molar-refractivity contribution in [1.82, 2.24) is 9.88 Å². The number of anilines is 1. The number of hydrogen-bond donors (Lipinski definition) is 1. The predicted octanol–water partition coefficient (Wildman–Crippen LogP) is 2.47. The van der Waals surface area contributed by atoms with E-state index in [1.165, 1.54) is 5.56 Å². The third-order valence-electron chi connectivity index (χ3n) is 4.03. The Morgan fingerprint density at radius 2 is 2.13 bits per heavy atom. The predicted molar refractivity (Wildman–Crippen MR) is 87.6 cm³/mol. The molecule has 3 rings (SSSR count). The Bertz CT molecular complexity index is 748. The normalized spacial score (nSPS) is 17.1. The topological polar surface area (TPSA) is 69.0 Å². The summed E-state index contributed by atoms with van der Waals surface area (Å²) in [5, 5.41) is 12.2. The van der Waals surface area contributed by atoms with Crippen LogP contribution in [0.3, 0.4) is 0 Å². The molecule has 1 N–H and O–H groups in total. The molecule has 0 saturated carbocycles. The van der Waals surface area contributed by atoms with E-state index in [1.807, 2.05) is 11.8 Å². The van der Waals surface area contributed by atoms with Gasteiger partial charge in [0.15, 0.2) is 0 Å². The van der Waals surface area contributed by atoms with Crippen molar-refractivity contribution in [3.05, 3.63) is 59.3 Å². The minimum absolute atomic E-state index is 0.0557. The Kier molecular flexibility index (Phi) is 4.24. The van der Waals surface area contributed by atoms with Crippen LogP contribution in [0.5, 0.6) is 0 Å². The molecule has 0 bridgehead atoms. The summed E-state index contributed by atoms with van der Waals surface area (Å²) in [5.41, 5.74) is 2.79. The molecule has 0 aliphatic carbocycles. The molecule has 1 aromatic heterocycles. The molecule has 2 heterocycles. The average molecular weight is 306 g/mol. The fraction of sp³-hybridized carbons (Fsp3) is 0.278. The monoisotopic (exact) mass is 306 g/mol. The average Bonchev–Trinajstić information content (AvgIpc) is 2.91. The summed E-state index contributed by atoms with van der Waals surface area (Å²) in [5.74, 6) is 0.533. The number of carbonyl (C=O) groups is 1. The smallest absolute Gasteiger partial charge is 0.245 e. The second-order valence-electron chi connectivity index (χ2n) is 5.74. The molecule has 116 valence electrons. The second-order valence-corrected chi connectivity index (χ2v) is 5.74. The summed E-state index contributed by atoms with van der Waals surface area (Å²) >= 11 is 0. The van der Waals surface area contributed by atoms with E-state index in [-0.39, 0.29) is 11.9 Å². The highest BCUT2D eigenvalue weighted by Crippen LogP contribution is 2.20. The molecule has 1 unspecified atom stereocenters. The fourth-order valence-corrected chi connectivity index (χ4v) is 2.72. The van der Waals surface area contributed by atoms with Gasteiger partial charge in [-0.2, -0.15) is 5.26 Å². The van der Waals surface area contributed by atoms with Gasteiger partial charge in [-0.3, -0.25) is 4.79 Å². The minimum atomic E-state index is -0.317. The molecule has 23 heavy (non-hydrogen) atoms. The van der Waals surface area contributed by atoms with Crippen LogP contribution in [0.25, 0.3) is 0 Å². The largest absolute Gasteiger partial charge is 0.357 e. The lowest BCUT2D eigenvalue weighted by molar-refractivity contribution is -0.128. The van der Waals surface area contributed by atoms with Gasteiger partial charge < -0.3 is 10.2 Å². The van der Waals surface area contributed by atoms with Gasteiger partial charge in [-0.05, 0) is 31.0 Å². The summed E-state index contributed by atoms with van der Waals surface area (Å²) in [6.45, 7) is 3.37. The number of amides is 1. The molecule has 1 aromatic carbocycles. The summed E-state index contributed by atoms with van der Waals surface area (Å²) in [7, 11) is 0. The first-order valence-corrected chi connectivity index (χ1v) is 7.63. The molecule has 2 aromatic rings. The Labute approximate surface area is 135 Å². The van der Waals surface area contributed by atoms with Crippen molar-refractivity contribution in [2.75, 3.05) is 11.9 Å². The summed E-state index contributed by atoms with van der Waals surface area (Å²) in [6, 6.07) is 13.4. The van der Waals surface area contributed by atoms with Gasteiger partial charge >= 0.3 is 0 Å². The zero-order chi connectivity index (χ0) is 16.2. The first-order chi connectivity index (χ1) is 11.2. The summed E-state index contributed by atoms with van der Waals surface area (Å²) in [4.78, 5) is 18.5. The van der Waals surface area contributed by atoms with Crippen LogP contribution < -0.4 is 5.32 Å². The first-order valence-electron chi connectivity index (χ1n) is 7.63. The van der Waals surface area contributed by atoms with Crippen LogP contribution >= 0.6 is 0 Å². The lowest BCUT2D eigenvalue weighted by atomic mass is 10.1. The number of carbonyl (C=O) groups excluding carboxylic acids is 1. The third kappa shape index (κ3) is 3.32. The maximum atomic E-state index is 12.5. The summed E-state index contributed by atoms with van der Waals surface area (Å²) < 4.78 is 0. The van der Waals surface area contributed by atoms with Crippen LogP contribution in [-0.2, 0) is 11.3 Å². The molecule has 0 spiro atoms. The van der Waals surface area contributed by atoms with Gasteiger partial charge in [-0.15, -0.1) is 0 Å². The summed E-state index contributed by atoms with van der Waals surface area (Å²) in [6.07, 6.45) is 2.33. The van der Waals surface area contributed by atoms with Crippen LogP contribution in [0.4, 0.5) is 5.82 Å². The number of nitrogens with zero attached hydrogens (tertiary/aromatic N) is 3. The van der Waals surface area contributed by atoms with Gasteiger partial charge in [0, 0.05) is 19.3 Å². The van der Waals surface area contributed by atoms with Gasteiger partial charge in [0.05, 0.1) is 5.56 Å². The van der Waals surface area contributed by atoms with E-state index in [4.69, 9.17) is 5.26 Å². The Hall–Kier alpha value is -2.87. The number of nitrogens with one attached hydrogen (secondary N) is 1. The van der Waals surface area contributed by atoms with Crippen molar-refractivity contribution < 1.29 is 4.79 Å². The van der Waals surface area contributed by atoms with Crippen molar-refractivity contribution in [3.8, 4) is 6.07 Å². The highest BCUT2D eigenvalue weighted by atomic mass is 16.2. The Morgan fingerprint density at radius 3 is 2.87 bits per heavy atom. The number of benzene rings is 1. The number of rotatable bonds is 4. The molecule has 1 atom stereocenters. The maximum absolute atomic E-state index is 12.5. The zero-order valence-corrected chi connectivity index (χ0v) is 13.0. The standard InChI is InChI=1S/C18H18N4O/c1-13-4-6-14(7-5-13)12-22-10-8-16(18(22)23)21-17-15(11-19)3-2-9-20-17/h2-7,9,16H,8,10,12H2,1H3,(H,20,21). The van der Waals surface area contributed by atoms with E-state index in [9.17, 15) is 4.79 Å². The van der Waals surface area contributed by atoms with Crippen molar-refractivity contribution in [2.24, 2.45) is 0 Å². The molecule has 1 amide bonds. The van der Waals surface area contributed by atoms with E-state index in [2.05, 4.69) is 40.6 Å². The van der Waals surface area contributed by atoms with Crippen LogP contribution in [-0.4, -0.2) is 28.4 Å². The molecule has 1 aliphatic heterocycles.